The molecule has 7 nitrogen and oxygen atoms in total. The molecule has 0 heterocycles. The third-order valence-electron chi connectivity index (χ3n) is 4.02. The maximum absolute atomic E-state index is 12.1. The molecule has 0 atom stereocenters. The Hall–Kier alpha value is -2.57. The van der Waals surface area contributed by atoms with Crippen LogP contribution in [0, 0.1) is 0 Å². The highest BCUT2D eigenvalue weighted by Crippen LogP contribution is 2.24. The largest absolute Gasteiger partial charge is 0.493 e. The third-order valence-corrected chi connectivity index (χ3v) is 4.02. The summed E-state index contributed by atoms with van der Waals surface area (Å²) in [4.78, 5) is 35.6. The average Bonchev–Trinajstić information content (AvgIpc) is 2.67. The van der Waals surface area contributed by atoms with E-state index in [1.54, 1.807) is 12.1 Å². The van der Waals surface area contributed by atoms with E-state index in [9.17, 15) is 14.4 Å². The van der Waals surface area contributed by atoms with Crippen molar-refractivity contribution < 1.29 is 33.3 Å². The van der Waals surface area contributed by atoms with Crippen LogP contribution in [0.4, 0.5) is 0 Å². The first-order chi connectivity index (χ1) is 13.7. The molecule has 0 amide bonds. The van der Waals surface area contributed by atoms with Gasteiger partial charge in [-0.15, -0.1) is 0 Å². The van der Waals surface area contributed by atoms with Crippen LogP contribution in [0.15, 0.2) is 18.2 Å². The molecular formula is C22H32O7. The molecule has 0 saturated carbocycles. The Morgan fingerprint density at radius 1 is 0.862 bits per heavy atom. The van der Waals surface area contributed by atoms with Gasteiger partial charge in [0, 0.05) is 6.42 Å². The van der Waals surface area contributed by atoms with Gasteiger partial charge in [0.05, 0.1) is 26.4 Å². The minimum atomic E-state index is -0.650. The van der Waals surface area contributed by atoms with Crippen molar-refractivity contribution in [2.24, 2.45) is 0 Å². The van der Waals surface area contributed by atoms with Crippen LogP contribution in [0.3, 0.4) is 0 Å². The van der Waals surface area contributed by atoms with Gasteiger partial charge in [-0.1, -0.05) is 25.3 Å². The summed E-state index contributed by atoms with van der Waals surface area (Å²) in [5, 5.41) is 0. The van der Waals surface area contributed by atoms with Crippen LogP contribution in [0.2, 0.25) is 0 Å². The van der Waals surface area contributed by atoms with Crippen molar-refractivity contribution >= 4 is 17.9 Å². The molecule has 1 aromatic rings. The standard InChI is InChI=1S/C22H32O7/c1-22(2,3)29-18(23)14-9-7-6-8-10-15-28-17-13-11-12-16(20(24)26-4)19(17)21(25)27-5/h11-13H,6-10,14-15H2,1-5H3. The van der Waals surface area contributed by atoms with Crippen molar-refractivity contribution in [3.8, 4) is 5.75 Å². The van der Waals surface area contributed by atoms with Crippen molar-refractivity contribution in [1.82, 2.24) is 0 Å². The lowest BCUT2D eigenvalue weighted by atomic mass is 10.1. The highest BCUT2D eigenvalue weighted by atomic mass is 16.6. The van der Waals surface area contributed by atoms with Crippen LogP contribution < -0.4 is 4.74 Å². The summed E-state index contributed by atoms with van der Waals surface area (Å²) in [7, 11) is 2.50. The zero-order valence-electron chi connectivity index (χ0n) is 18.0. The van der Waals surface area contributed by atoms with E-state index in [1.807, 2.05) is 20.8 Å². The molecule has 0 unspecified atom stereocenters. The molecule has 0 saturated heterocycles. The first-order valence-corrected chi connectivity index (χ1v) is 9.84. The smallest absolute Gasteiger partial charge is 0.342 e. The van der Waals surface area contributed by atoms with E-state index in [-0.39, 0.29) is 17.1 Å². The van der Waals surface area contributed by atoms with Crippen molar-refractivity contribution in [2.45, 2.75) is 64.9 Å². The lowest BCUT2D eigenvalue weighted by Gasteiger charge is -2.19. The lowest BCUT2D eigenvalue weighted by Crippen LogP contribution is -2.23. The summed E-state index contributed by atoms with van der Waals surface area (Å²) in [6.07, 6.45) is 4.84. The fourth-order valence-corrected chi connectivity index (χ4v) is 2.72. The zero-order valence-corrected chi connectivity index (χ0v) is 18.0. The van der Waals surface area contributed by atoms with Gasteiger partial charge in [0.15, 0.2) is 0 Å². The predicted octanol–water partition coefficient (Wildman–Crippen LogP) is 4.32. The van der Waals surface area contributed by atoms with E-state index in [1.165, 1.54) is 20.3 Å². The summed E-state index contributed by atoms with van der Waals surface area (Å²) in [5.74, 6) is -1.14. The predicted molar refractivity (Wildman–Crippen MR) is 108 cm³/mol. The summed E-state index contributed by atoms with van der Waals surface area (Å²) in [6.45, 7) is 5.98. The fraction of sp³-hybridized carbons (Fsp3) is 0.591. The second kappa shape index (κ2) is 12.1. The van der Waals surface area contributed by atoms with Gasteiger partial charge in [0.2, 0.25) is 0 Å². The van der Waals surface area contributed by atoms with E-state index >= 15 is 0 Å². The summed E-state index contributed by atoms with van der Waals surface area (Å²) >= 11 is 0. The zero-order chi connectivity index (χ0) is 21.9. The van der Waals surface area contributed by atoms with E-state index < -0.39 is 17.5 Å². The number of hydrogen-bond acceptors (Lipinski definition) is 7. The van der Waals surface area contributed by atoms with Gasteiger partial charge in [0.25, 0.3) is 0 Å². The highest BCUT2D eigenvalue weighted by molar-refractivity contribution is 6.05. The van der Waals surface area contributed by atoms with Crippen molar-refractivity contribution in [3.05, 3.63) is 29.3 Å². The third kappa shape index (κ3) is 8.98. The molecule has 0 aliphatic heterocycles. The number of esters is 3. The number of methoxy groups -OCH3 is 2. The van der Waals surface area contributed by atoms with Gasteiger partial charge in [0.1, 0.15) is 16.9 Å². The monoisotopic (exact) mass is 408 g/mol. The molecule has 1 aromatic carbocycles. The summed E-state index contributed by atoms with van der Waals surface area (Å²) in [6, 6.07) is 4.75. The second-order valence-corrected chi connectivity index (χ2v) is 7.61. The van der Waals surface area contributed by atoms with Gasteiger partial charge < -0.3 is 18.9 Å². The van der Waals surface area contributed by atoms with Crippen LogP contribution in [0.1, 0.15) is 80.0 Å². The van der Waals surface area contributed by atoms with Crippen LogP contribution in [-0.4, -0.2) is 44.3 Å². The number of unbranched alkanes of at least 4 members (excludes halogenated alkanes) is 4. The normalized spacial score (nSPS) is 10.9. The molecule has 0 aliphatic rings. The van der Waals surface area contributed by atoms with Gasteiger partial charge in [-0.05, 0) is 45.7 Å². The van der Waals surface area contributed by atoms with Gasteiger partial charge in [-0.3, -0.25) is 4.79 Å². The van der Waals surface area contributed by atoms with E-state index in [2.05, 4.69) is 0 Å². The molecule has 0 fully saturated rings. The van der Waals surface area contributed by atoms with Gasteiger partial charge >= 0.3 is 17.9 Å². The van der Waals surface area contributed by atoms with Crippen LogP contribution in [0.25, 0.3) is 0 Å². The van der Waals surface area contributed by atoms with Gasteiger partial charge in [-0.25, -0.2) is 9.59 Å². The van der Waals surface area contributed by atoms with Crippen molar-refractivity contribution in [3.63, 3.8) is 0 Å². The lowest BCUT2D eigenvalue weighted by molar-refractivity contribution is -0.154. The van der Waals surface area contributed by atoms with Crippen molar-refractivity contribution in [2.75, 3.05) is 20.8 Å². The van der Waals surface area contributed by atoms with Crippen LogP contribution >= 0.6 is 0 Å². The fourth-order valence-electron chi connectivity index (χ4n) is 2.72. The summed E-state index contributed by atoms with van der Waals surface area (Å²) < 4.78 is 20.5. The minimum Gasteiger partial charge on any atom is -0.493 e. The molecule has 7 heteroatoms. The first kappa shape index (κ1) is 24.5. The molecule has 0 N–H and O–H groups in total. The molecule has 29 heavy (non-hydrogen) atoms. The molecule has 0 bridgehead atoms. The Labute approximate surface area is 172 Å². The number of carbonyl (C=O) groups is 3. The quantitative estimate of drug-likeness (QED) is 0.306. The number of ether oxygens (including phenoxy) is 4. The van der Waals surface area contributed by atoms with Crippen LogP contribution in [0.5, 0.6) is 5.75 Å². The number of rotatable bonds is 11. The molecule has 0 spiro atoms. The van der Waals surface area contributed by atoms with E-state index in [0.717, 1.165) is 32.1 Å². The van der Waals surface area contributed by atoms with Gasteiger partial charge in [-0.2, -0.15) is 0 Å². The highest BCUT2D eigenvalue weighted by Gasteiger charge is 2.23. The number of carbonyl (C=O) groups excluding carboxylic acids is 3. The average molecular weight is 408 g/mol. The Morgan fingerprint density at radius 2 is 1.48 bits per heavy atom. The molecule has 0 aliphatic carbocycles. The van der Waals surface area contributed by atoms with Crippen LogP contribution in [-0.2, 0) is 19.0 Å². The summed E-state index contributed by atoms with van der Waals surface area (Å²) in [5.41, 5.74) is -0.263. The Balaban J connectivity index is 2.41. The molecule has 1 rings (SSSR count). The number of benzene rings is 1. The molecular weight excluding hydrogens is 376 g/mol. The number of hydrogen-bond donors (Lipinski definition) is 0. The SMILES string of the molecule is COC(=O)c1cccc(OCCCCCCCC(=O)OC(C)(C)C)c1C(=O)OC. The second-order valence-electron chi connectivity index (χ2n) is 7.61. The molecule has 0 aromatic heterocycles. The first-order valence-electron chi connectivity index (χ1n) is 9.84. The Kier molecular flexibility index (Phi) is 10.2. The Bertz CT molecular complexity index is 689. The maximum atomic E-state index is 12.1. The van der Waals surface area contributed by atoms with Crippen molar-refractivity contribution in [1.29, 1.82) is 0 Å². The topological polar surface area (TPSA) is 88.1 Å². The molecule has 0 radical (unpaired) electrons. The Morgan fingerprint density at radius 3 is 2.10 bits per heavy atom. The van der Waals surface area contributed by atoms with E-state index in [4.69, 9.17) is 18.9 Å². The minimum absolute atomic E-state index is 0.0687. The maximum Gasteiger partial charge on any atom is 0.342 e. The van der Waals surface area contributed by atoms with E-state index in [0.29, 0.717) is 18.8 Å². The molecule has 162 valence electrons.